The summed E-state index contributed by atoms with van der Waals surface area (Å²) in [5.74, 6) is 0.654. The lowest BCUT2D eigenvalue weighted by molar-refractivity contribution is 0.755. The highest BCUT2D eigenvalue weighted by atomic mass is 79.9. The van der Waals surface area contributed by atoms with Gasteiger partial charge in [-0.05, 0) is 19.1 Å². The number of halogens is 1. The van der Waals surface area contributed by atoms with E-state index in [0.29, 0.717) is 11.4 Å². The lowest BCUT2D eigenvalue weighted by Crippen LogP contribution is -2.26. The number of anilines is 1. The second kappa shape index (κ2) is 6.08. The zero-order valence-electron chi connectivity index (χ0n) is 8.76. The molecule has 5 nitrogen and oxygen atoms in total. The van der Waals surface area contributed by atoms with Crippen molar-refractivity contribution in [1.29, 1.82) is 5.26 Å². The summed E-state index contributed by atoms with van der Waals surface area (Å²) in [6.45, 7) is 1.95. The topological polar surface area (TPSA) is 87.1 Å². The van der Waals surface area contributed by atoms with E-state index < -0.39 is 0 Å². The number of nitrogens with two attached hydrogens (primary N) is 1. The molecule has 2 atom stereocenters. The molecule has 1 rings (SSSR count). The van der Waals surface area contributed by atoms with Gasteiger partial charge in [0.1, 0.15) is 18.1 Å². The van der Waals surface area contributed by atoms with Gasteiger partial charge < -0.3 is 11.1 Å². The summed E-state index contributed by atoms with van der Waals surface area (Å²) < 4.78 is 0. The first kappa shape index (κ1) is 12.5. The van der Waals surface area contributed by atoms with E-state index in [1.54, 1.807) is 12.1 Å². The molecule has 0 aromatic carbocycles. The quantitative estimate of drug-likeness (QED) is 0.497. The Morgan fingerprint density at radius 1 is 1.69 bits per heavy atom. The number of rotatable bonds is 4. The van der Waals surface area contributed by atoms with Crippen molar-refractivity contribution in [2.75, 3.05) is 5.32 Å². The van der Waals surface area contributed by atoms with Crippen molar-refractivity contribution in [1.82, 2.24) is 4.98 Å². The largest absolute Gasteiger partial charge is 0.390 e. The Labute approximate surface area is 103 Å². The van der Waals surface area contributed by atoms with Gasteiger partial charge in [0.2, 0.25) is 0 Å². The zero-order chi connectivity index (χ0) is 12.0. The molecular weight excluding hydrogens is 270 g/mol. The van der Waals surface area contributed by atoms with Crippen molar-refractivity contribution in [2.45, 2.75) is 17.9 Å². The Morgan fingerprint density at radius 2 is 2.44 bits per heavy atom. The third kappa shape index (κ3) is 3.51. The Balaban J connectivity index is 2.74. The second-order valence-electron chi connectivity index (χ2n) is 3.11. The van der Waals surface area contributed by atoms with E-state index in [0.717, 1.165) is 0 Å². The fraction of sp³-hybridized carbons (Fsp3) is 0.300. The van der Waals surface area contributed by atoms with Crippen molar-refractivity contribution in [3.05, 3.63) is 23.9 Å². The van der Waals surface area contributed by atoms with Gasteiger partial charge in [0.05, 0.1) is 16.7 Å². The van der Waals surface area contributed by atoms with Crippen molar-refractivity contribution in [2.24, 2.45) is 10.7 Å². The van der Waals surface area contributed by atoms with Gasteiger partial charge in [0.15, 0.2) is 0 Å². The Hall–Kier alpha value is -1.61. The third-order valence-electron chi connectivity index (χ3n) is 1.87. The van der Waals surface area contributed by atoms with Gasteiger partial charge in [-0.3, -0.25) is 4.99 Å². The van der Waals surface area contributed by atoms with Crippen molar-refractivity contribution >= 4 is 28.1 Å². The van der Waals surface area contributed by atoms with Gasteiger partial charge in [-0.25, -0.2) is 4.98 Å². The van der Waals surface area contributed by atoms with Gasteiger partial charge in [-0.15, -0.1) is 0 Å². The summed E-state index contributed by atoms with van der Waals surface area (Å²) in [7, 11) is 0. The van der Waals surface area contributed by atoms with Crippen LogP contribution in [0.15, 0.2) is 23.3 Å². The monoisotopic (exact) mass is 281 g/mol. The minimum absolute atomic E-state index is 0.116. The lowest BCUT2D eigenvalue weighted by atomic mass is 10.3. The molecule has 0 fully saturated rings. The summed E-state index contributed by atoms with van der Waals surface area (Å²) in [4.78, 5) is 8.25. The number of hydrogen-bond acceptors (Lipinski definition) is 4. The van der Waals surface area contributed by atoms with Crippen LogP contribution >= 0.6 is 15.9 Å². The van der Waals surface area contributed by atoms with Crippen LogP contribution in [0.5, 0.6) is 0 Å². The van der Waals surface area contributed by atoms with Crippen LogP contribution in [0, 0.1) is 11.3 Å². The highest BCUT2D eigenvalue weighted by Crippen LogP contribution is 2.12. The van der Waals surface area contributed by atoms with E-state index in [2.05, 4.69) is 31.2 Å². The minimum atomic E-state index is -0.189. The van der Waals surface area contributed by atoms with Gasteiger partial charge in [-0.1, -0.05) is 15.9 Å². The molecule has 0 radical (unpaired) electrons. The maximum atomic E-state index is 8.62. The van der Waals surface area contributed by atoms with Crippen molar-refractivity contribution < 1.29 is 0 Å². The molecule has 0 saturated carbocycles. The predicted molar refractivity (Wildman–Crippen MR) is 67.4 cm³/mol. The molecule has 0 aliphatic heterocycles. The average molecular weight is 282 g/mol. The second-order valence-corrected chi connectivity index (χ2v) is 4.55. The molecule has 0 amide bonds. The standard InChI is InChI=1S/C10H12BrN5/c1-7(11)10(15-6-13)16-9-3-2-8(4-12)5-14-9/h2-3,5-7,10H,1H3,(H2,13,15)(H,14,16). The molecule has 16 heavy (non-hydrogen) atoms. The van der Waals surface area contributed by atoms with Crippen LogP contribution in [0.3, 0.4) is 0 Å². The number of nitrogens with one attached hydrogen (secondary N) is 1. The molecule has 0 bridgehead atoms. The third-order valence-corrected chi connectivity index (χ3v) is 2.37. The highest BCUT2D eigenvalue weighted by Gasteiger charge is 2.12. The predicted octanol–water partition coefficient (Wildman–Crippen LogP) is 1.46. The van der Waals surface area contributed by atoms with Crippen LogP contribution in [0.2, 0.25) is 0 Å². The molecule has 3 N–H and O–H groups in total. The van der Waals surface area contributed by atoms with E-state index in [1.807, 2.05) is 13.0 Å². The van der Waals surface area contributed by atoms with Crippen LogP contribution in [0.1, 0.15) is 12.5 Å². The number of hydrogen-bond donors (Lipinski definition) is 2. The maximum absolute atomic E-state index is 8.62. The zero-order valence-corrected chi connectivity index (χ0v) is 10.3. The SMILES string of the molecule is CC(Br)C(/N=C\N)Nc1ccc(C#N)cn1. The van der Waals surface area contributed by atoms with Crippen LogP contribution in [-0.2, 0) is 0 Å². The first-order chi connectivity index (χ1) is 7.67. The molecule has 1 aromatic rings. The number of nitriles is 1. The van der Waals surface area contributed by atoms with E-state index in [-0.39, 0.29) is 11.0 Å². The molecule has 1 heterocycles. The molecule has 0 aliphatic carbocycles. The molecule has 0 spiro atoms. The summed E-state index contributed by atoms with van der Waals surface area (Å²) in [6.07, 6.45) is 2.56. The van der Waals surface area contributed by atoms with Gasteiger partial charge in [-0.2, -0.15) is 5.26 Å². The van der Waals surface area contributed by atoms with E-state index in [4.69, 9.17) is 11.0 Å². The van der Waals surface area contributed by atoms with E-state index in [9.17, 15) is 0 Å². The minimum Gasteiger partial charge on any atom is -0.390 e. The number of alkyl halides is 1. The summed E-state index contributed by atoms with van der Waals surface area (Å²) in [5.41, 5.74) is 5.77. The van der Waals surface area contributed by atoms with Crippen LogP contribution < -0.4 is 11.1 Å². The lowest BCUT2D eigenvalue weighted by Gasteiger charge is -2.16. The first-order valence-electron chi connectivity index (χ1n) is 4.67. The van der Waals surface area contributed by atoms with E-state index in [1.165, 1.54) is 12.5 Å². The Morgan fingerprint density at radius 3 is 2.88 bits per heavy atom. The van der Waals surface area contributed by atoms with Gasteiger partial charge >= 0.3 is 0 Å². The molecular formula is C10H12BrN5. The van der Waals surface area contributed by atoms with E-state index >= 15 is 0 Å². The number of aromatic nitrogens is 1. The number of pyridine rings is 1. The fourth-order valence-corrected chi connectivity index (χ4v) is 1.33. The Bertz CT molecular complexity index is 393. The molecule has 0 aliphatic rings. The molecule has 2 unspecified atom stereocenters. The summed E-state index contributed by atoms with van der Waals surface area (Å²) >= 11 is 3.42. The summed E-state index contributed by atoms with van der Waals surface area (Å²) in [5, 5.41) is 11.7. The van der Waals surface area contributed by atoms with Gasteiger partial charge in [0.25, 0.3) is 0 Å². The van der Waals surface area contributed by atoms with Crippen molar-refractivity contribution in [3.63, 3.8) is 0 Å². The maximum Gasteiger partial charge on any atom is 0.133 e. The van der Waals surface area contributed by atoms with Crippen LogP contribution in [0.25, 0.3) is 0 Å². The molecule has 1 aromatic heterocycles. The van der Waals surface area contributed by atoms with Crippen LogP contribution in [0.4, 0.5) is 5.82 Å². The van der Waals surface area contributed by atoms with Crippen LogP contribution in [-0.4, -0.2) is 22.3 Å². The first-order valence-corrected chi connectivity index (χ1v) is 5.59. The highest BCUT2D eigenvalue weighted by molar-refractivity contribution is 9.09. The average Bonchev–Trinajstić information content (AvgIpc) is 2.29. The molecule has 0 saturated heterocycles. The van der Waals surface area contributed by atoms with Crippen molar-refractivity contribution in [3.8, 4) is 6.07 Å². The molecule has 84 valence electrons. The van der Waals surface area contributed by atoms with Gasteiger partial charge in [0, 0.05) is 6.20 Å². The normalized spacial score (nSPS) is 14.3. The summed E-state index contributed by atoms with van der Waals surface area (Å²) in [6, 6.07) is 5.43. The smallest absolute Gasteiger partial charge is 0.133 e. The molecule has 6 heteroatoms. The number of nitrogens with zero attached hydrogens (tertiary/aromatic N) is 3. The Kier molecular flexibility index (Phi) is 4.73. The number of aliphatic imine (C=N–C) groups is 1. The fourth-order valence-electron chi connectivity index (χ4n) is 1.06.